The Morgan fingerprint density at radius 1 is 1.16 bits per heavy atom. The number of nitrogens with zero attached hydrogens (tertiary/aromatic N) is 3. The third-order valence-corrected chi connectivity index (χ3v) is 3.32. The van der Waals surface area contributed by atoms with Crippen molar-refractivity contribution in [3.8, 4) is 0 Å². The number of nitrogens with one attached hydrogen (secondary N) is 1. The van der Waals surface area contributed by atoms with E-state index in [1.54, 1.807) is 6.33 Å². The molecule has 4 heteroatoms. The van der Waals surface area contributed by atoms with Crippen LogP contribution in [0.3, 0.4) is 0 Å². The van der Waals surface area contributed by atoms with Crippen LogP contribution in [0.5, 0.6) is 0 Å². The van der Waals surface area contributed by atoms with Crippen molar-refractivity contribution in [3.05, 3.63) is 17.6 Å². The van der Waals surface area contributed by atoms with Gasteiger partial charge < -0.3 is 10.2 Å². The molecule has 1 aliphatic heterocycles. The topological polar surface area (TPSA) is 41.1 Å². The molecule has 0 aromatic carbocycles. The van der Waals surface area contributed by atoms with E-state index in [4.69, 9.17) is 0 Å². The smallest absolute Gasteiger partial charge is 0.136 e. The number of hydrogen-bond acceptors (Lipinski definition) is 4. The summed E-state index contributed by atoms with van der Waals surface area (Å²) in [5, 5.41) is 3.44. The molecule has 0 unspecified atom stereocenters. The lowest BCUT2D eigenvalue weighted by Crippen LogP contribution is -2.35. The van der Waals surface area contributed by atoms with Gasteiger partial charge in [-0.2, -0.15) is 0 Å². The van der Waals surface area contributed by atoms with Gasteiger partial charge in [-0.1, -0.05) is 27.7 Å². The van der Waals surface area contributed by atoms with E-state index in [0.29, 0.717) is 11.8 Å². The first-order valence-electron chi connectivity index (χ1n) is 7.36. The molecule has 1 aromatic heterocycles. The van der Waals surface area contributed by atoms with Crippen molar-refractivity contribution in [1.82, 2.24) is 15.3 Å². The maximum atomic E-state index is 4.57. The first-order chi connectivity index (χ1) is 9.08. The normalized spacial score (nSPS) is 14.8. The van der Waals surface area contributed by atoms with Crippen molar-refractivity contribution in [2.45, 2.75) is 40.7 Å². The highest BCUT2D eigenvalue weighted by Crippen LogP contribution is 2.24. The molecule has 1 aromatic rings. The summed E-state index contributed by atoms with van der Waals surface area (Å²) in [5.74, 6) is 2.42. The molecular weight excluding hydrogens is 236 g/mol. The Morgan fingerprint density at radius 2 is 1.84 bits per heavy atom. The van der Waals surface area contributed by atoms with E-state index < -0.39 is 0 Å². The minimum atomic E-state index is 0.640. The molecule has 0 amide bonds. The molecule has 0 atom stereocenters. The molecule has 2 rings (SSSR count). The van der Waals surface area contributed by atoms with Crippen molar-refractivity contribution in [1.29, 1.82) is 0 Å². The lowest BCUT2D eigenvalue weighted by Gasteiger charge is -2.30. The Hall–Kier alpha value is -1.16. The molecule has 106 valence electrons. The van der Waals surface area contributed by atoms with Gasteiger partial charge in [-0.15, -0.1) is 0 Å². The van der Waals surface area contributed by atoms with E-state index in [9.17, 15) is 0 Å². The number of rotatable bonds is 5. The molecule has 2 heterocycles. The highest BCUT2D eigenvalue weighted by atomic mass is 15.2. The largest absolute Gasteiger partial charge is 0.356 e. The van der Waals surface area contributed by atoms with E-state index in [2.05, 4.69) is 47.9 Å². The highest BCUT2D eigenvalue weighted by Gasteiger charge is 2.20. The van der Waals surface area contributed by atoms with Crippen LogP contribution >= 0.6 is 0 Å². The Bertz CT molecular complexity index is 405. The Balaban J connectivity index is 2.29. The van der Waals surface area contributed by atoms with Gasteiger partial charge in [0.05, 0.1) is 5.69 Å². The SMILES string of the molecule is CC(C)CN(CC(C)C)c1ncnc2c1CNCC2. The van der Waals surface area contributed by atoms with Crippen LogP contribution in [0.25, 0.3) is 0 Å². The van der Waals surface area contributed by atoms with E-state index in [-0.39, 0.29) is 0 Å². The van der Waals surface area contributed by atoms with Gasteiger partial charge in [0.25, 0.3) is 0 Å². The van der Waals surface area contributed by atoms with Crippen molar-refractivity contribution >= 4 is 5.82 Å². The number of aromatic nitrogens is 2. The molecule has 0 aliphatic carbocycles. The molecule has 19 heavy (non-hydrogen) atoms. The molecule has 0 saturated heterocycles. The van der Waals surface area contributed by atoms with Gasteiger partial charge in [0.15, 0.2) is 0 Å². The minimum Gasteiger partial charge on any atom is -0.356 e. The molecule has 0 bridgehead atoms. The zero-order valence-electron chi connectivity index (χ0n) is 12.6. The van der Waals surface area contributed by atoms with Crippen LogP contribution in [-0.4, -0.2) is 29.6 Å². The van der Waals surface area contributed by atoms with Crippen molar-refractivity contribution in [2.75, 3.05) is 24.5 Å². The molecule has 0 radical (unpaired) electrons. The zero-order valence-corrected chi connectivity index (χ0v) is 12.6. The van der Waals surface area contributed by atoms with Gasteiger partial charge >= 0.3 is 0 Å². The fraction of sp³-hybridized carbons (Fsp3) is 0.733. The Kier molecular flexibility index (Phi) is 4.75. The van der Waals surface area contributed by atoms with Crippen LogP contribution in [0.4, 0.5) is 5.82 Å². The summed E-state index contributed by atoms with van der Waals surface area (Å²) >= 11 is 0. The second kappa shape index (κ2) is 6.33. The first kappa shape index (κ1) is 14.3. The molecule has 0 spiro atoms. The van der Waals surface area contributed by atoms with Crippen molar-refractivity contribution < 1.29 is 0 Å². The standard InChI is InChI=1S/C15H26N4/c1-11(2)8-19(9-12(3)4)15-13-7-16-6-5-14(13)17-10-18-15/h10-12,16H,5-9H2,1-4H3. The van der Waals surface area contributed by atoms with Crippen molar-refractivity contribution in [3.63, 3.8) is 0 Å². The minimum absolute atomic E-state index is 0.640. The predicted octanol–water partition coefficient (Wildman–Crippen LogP) is 2.24. The van der Waals surface area contributed by atoms with Gasteiger partial charge in [0, 0.05) is 38.2 Å². The summed E-state index contributed by atoms with van der Waals surface area (Å²) in [6.07, 6.45) is 2.75. The van der Waals surface area contributed by atoms with Crippen LogP contribution in [0.2, 0.25) is 0 Å². The Morgan fingerprint density at radius 3 is 2.47 bits per heavy atom. The Labute approximate surface area is 116 Å². The summed E-state index contributed by atoms with van der Waals surface area (Å²) in [6.45, 7) is 13.1. The average Bonchev–Trinajstić information content (AvgIpc) is 2.36. The maximum Gasteiger partial charge on any atom is 0.136 e. The van der Waals surface area contributed by atoms with Gasteiger partial charge in [-0.3, -0.25) is 0 Å². The second-order valence-electron chi connectivity index (χ2n) is 6.24. The van der Waals surface area contributed by atoms with Crippen LogP contribution < -0.4 is 10.2 Å². The lowest BCUT2D eigenvalue weighted by atomic mass is 10.1. The second-order valence-corrected chi connectivity index (χ2v) is 6.24. The summed E-state index contributed by atoms with van der Waals surface area (Å²) in [5.41, 5.74) is 2.52. The summed E-state index contributed by atoms with van der Waals surface area (Å²) in [6, 6.07) is 0. The van der Waals surface area contributed by atoms with E-state index >= 15 is 0 Å². The summed E-state index contributed by atoms with van der Waals surface area (Å²) in [4.78, 5) is 11.4. The third-order valence-electron chi connectivity index (χ3n) is 3.32. The zero-order chi connectivity index (χ0) is 13.8. The monoisotopic (exact) mass is 262 g/mol. The molecule has 0 fully saturated rings. The first-order valence-corrected chi connectivity index (χ1v) is 7.36. The predicted molar refractivity (Wildman–Crippen MR) is 79.3 cm³/mol. The van der Waals surface area contributed by atoms with Gasteiger partial charge in [-0.05, 0) is 11.8 Å². The van der Waals surface area contributed by atoms with Crippen LogP contribution in [0.15, 0.2) is 6.33 Å². The highest BCUT2D eigenvalue weighted by molar-refractivity contribution is 5.49. The molecule has 0 saturated carbocycles. The van der Waals surface area contributed by atoms with E-state index in [1.165, 1.54) is 11.3 Å². The van der Waals surface area contributed by atoms with Crippen LogP contribution in [-0.2, 0) is 13.0 Å². The molecular formula is C15H26N4. The van der Waals surface area contributed by atoms with Crippen molar-refractivity contribution in [2.24, 2.45) is 11.8 Å². The third kappa shape index (κ3) is 3.66. The number of hydrogen-bond donors (Lipinski definition) is 1. The van der Waals surface area contributed by atoms with Crippen LogP contribution in [0.1, 0.15) is 39.0 Å². The van der Waals surface area contributed by atoms with E-state index in [1.807, 2.05) is 0 Å². The van der Waals surface area contributed by atoms with E-state index in [0.717, 1.165) is 38.4 Å². The lowest BCUT2D eigenvalue weighted by molar-refractivity contribution is 0.540. The maximum absolute atomic E-state index is 4.57. The van der Waals surface area contributed by atoms with Gasteiger partial charge in [0.1, 0.15) is 12.1 Å². The van der Waals surface area contributed by atoms with Gasteiger partial charge in [0.2, 0.25) is 0 Å². The summed E-state index contributed by atoms with van der Waals surface area (Å²) in [7, 11) is 0. The van der Waals surface area contributed by atoms with Gasteiger partial charge in [-0.25, -0.2) is 9.97 Å². The molecule has 1 aliphatic rings. The molecule has 1 N–H and O–H groups in total. The van der Waals surface area contributed by atoms with Crippen LogP contribution in [0, 0.1) is 11.8 Å². The fourth-order valence-corrected chi connectivity index (χ4v) is 2.66. The number of fused-ring (bicyclic) bond motifs is 1. The molecule has 4 nitrogen and oxygen atoms in total. The fourth-order valence-electron chi connectivity index (χ4n) is 2.66. The average molecular weight is 262 g/mol. The number of anilines is 1. The quantitative estimate of drug-likeness (QED) is 0.883. The summed E-state index contributed by atoms with van der Waals surface area (Å²) < 4.78 is 0.